The van der Waals surface area contributed by atoms with Crippen molar-refractivity contribution in [3.63, 3.8) is 0 Å². The Balaban J connectivity index is 1.87. The van der Waals surface area contributed by atoms with Gasteiger partial charge in [-0.05, 0) is 24.8 Å². The van der Waals surface area contributed by atoms with Gasteiger partial charge in [-0.25, -0.2) is 0 Å². The van der Waals surface area contributed by atoms with Crippen molar-refractivity contribution in [3.8, 4) is 5.75 Å². The van der Waals surface area contributed by atoms with Crippen LogP contribution in [-0.4, -0.2) is 22.5 Å². The number of pyridine rings is 1. The maximum Gasteiger partial charge on any atom is 0.252 e. The Hall–Kier alpha value is -1.58. The first-order chi connectivity index (χ1) is 7.75. The zero-order valence-corrected chi connectivity index (χ0v) is 9.15. The number of nitrogens with zero attached hydrogens (tertiary/aromatic N) is 1. The zero-order chi connectivity index (χ0) is 11.4. The molecule has 1 fully saturated rings. The van der Waals surface area contributed by atoms with Crippen molar-refractivity contribution in [1.82, 2.24) is 10.3 Å². The summed E-state index contributed by atoms with van der Waals surface area (Å²) in [4.78, 5) is 15.5. The van der Waals surface area contributed by atoms with E-state index in [1.807, 2.05) is 0 Å². The summed E-state index contributed by atoms with van der Waals surface area (Å²) < 4.78 is 0. The van der Waals surface area contributed by atoms with Crippen LogP contribution in [0.5, 0.6) is 5.75 Å². The lowest BCUT2D eigenvalue weighted by atomic mass is 10.1. The normalized spacial score (nSPS) is 16.2. The summed E-state index contributed by atoms with van der Waals surface area (Å²) in [5.41, 5.74) is 0.415. The van der Waals surface area contributed by atoms with Crippen molar-refractivity contribution in [2.45, 2.75) is 25.7 Å². The van der Waals surface area contributed by atoms with E-state index in [1.165, 1.54) is 44.1 Å². The summed E-state index contributed by atoms with van der Waals surface area (Å²) in [5, 5.41) is 12.1. The fourth-order valence-electron chi connectivity index (χ4n) is 2.11. The summed E-state index contributed by atoms with van der Waals surface area (Å²) in [5.74, 6) is 0.484. The topological polar surface area (TPSA) is 62.2 Å². The second-order valence-electron chi connectivity index (χ2n) is 4.29. The van der Waals surface area contributed by atoms with Crippen LogP contribution in [0.15, 0.2) is 18.5 Å². The molecule has 0 aromatic carbocycles. The highest BCUT2D eigenvalue weighted by atomic mass is 16.3. The number of amides is 1. The first-order valence-electron chi connectivity index (χ1n) is 5.68. The number of rotatable bonds is 3. The van der Waals surface area contributed by atoms with Crippen LogP contribution in [0.3, 0.4) is 0 Å². The van der Waals surface area contributed by atoms with E-state index >= 15 is 0 Å². The SMILES string of the molecule is O=C(NCC1CCCC1)c1cncc(O)c1. The summed E-state index contributed by atoms with van der Waals surface area (Å²) in [7, 11) is 0. The largest absolute Gasteiger partial charge is 0.506 e. The van der Waals surface area contributed by atoms with Gasteiger partial charge in [0.05, 0.1) is 11.8 Å². The minimum atomic E-state index is -0.157. The summed E-state index contributed by atoms with van der Waals surface area (Å²) in [6.07, 6.45) is 7.73. The molecule has 0 saturated heterocycles. The number of hydrogen-bond acceptors (Lipinski definition) is 3. The van der Waals surface area contributed by atoms with Gasteiger partial charge in [0.2, 0.25) is 0 Å². The van der Waals surface area contributed by atoms with E-state index < -0.39 is 0 Å². The van der Waals surface area contributed by atoms with Gasteiger partial charge in [-0.3, -0.25) is 9.78 Å². The van der Waals surface area contributed by atoms with Crippen LogP contribution in [-0.2, 0) is 0 Å². The van der Waals surface area contributed by atoms with Gasteiger partial charge >= 0.3 is 0 Å². The fourth-order valence-corrected chi connectivity index (χ4v) is 2.11. The average molecular weight is 220 g/mol. The number of hydrogen-bond donors (Lipinski definition) is 2. The van der Waals surface area contributed by atoms with Gasteiger partial charge in [0.1, 0.15) is 5.75 Å². The molecule has 0 spiro atoms. The van der Waals surface area contributed by atoms with Gasteiger partial charge in [0, 0.05) is 12.7 Å². The zero-order valence-electron chi connectivity index (χ0n) is 9.15. The highest BCUT2D eigenvalue weighted by molar-refractivity contribution is 5.94. The highest BCUT2D eigenvalue weighted by Gasteiger charge is 2.16. The van der Waals surface area contributed by atoms with Crippen LogP contribution >= 0.6 is 0 Å². The summed E-state index contributed by atoms with van der Waals surface area (Å²) in [6, 6.07) is 1.43. The van der Waals surface area contributed by atoms with E-state index in [-0.39, 0.29) is 11.7 Å². The molecule has 1 saturated carbocycles. The smallest absolute Gasteiger partial charge is 0.252 e. The Morgan fingerprint density at radius 1 is 1.44 bits per heavy atom. The van der Waals surface area contributed by atoms with E-state index in [1.54, 1.807) is 0 Å². The highest BCUT2D eigenvalue weighted by Crippen LogP contribution is 2.23. The third kappa shape index (κ3) is 2.72. The standard InChI is InChI=1S/C12H16N2O2/c15-11-5-10(7-13-8-11)12(16)14-6-9-3-1-2-4-9/h5,7-9,15H,1-4,6H2,(H,14,16). The lowest BCUT2D eigenvalue weighted by Crippen LogP contribution is -2.28. The lowest BCUT2D eigenvalue weighted by molar-refractivity contribution is 0.0946. The Bertz CT molecular complexity index is 373. The molecule has 4 heteroatoms. The maximum atomic E-state index is 11.7. The molecular formula is C12H16N2O2. The lowest BCUT2D eigenvalue weighted by Gasteiger charge is -2.10. The predicted octanol–water partition coefficient (Wildman–Crippen LogP) is 1.71. The molecule has 1 aliphatic rings. The summed E-state index contributed by atoms with van der Waals surface area (Å²) in [6.45, 7) is 0.731. The minimum absolute atomic E-state index is 0.0218. The minimum Gasteiger partial charge on any atom is -0.506 e. The fraction of sp³-hybridized carbons (Fsp3) is 0.500. The third-order valence-electron chi connectivity index (χ3n) is 3.01. The molecule has 0 radical (unpaired) electrons. The van der Waals surface area contributed by atoms with Gasteiger partial charge in [0.25, 0.3) is 5.91 Å². The molecule has 1 heterocycles. The molecule has 16 heavy (non-hydrogen) atoms. The van der Waals surface area contributed by atoms with E-state index in [4.69, 9.17) is 0 Å². The third-order valence-corrected chi connectivity index (χ3v) is 3.01. The number of nitrogens with one attached hydrogen (secondary N) is 1. The van der Waals surface area contributed by atoms with E-state index in [9.17, 15) is 9.90 Å². The van der Waals surface area contributed by atoms with E-state index in [0.29, 0.717) is 11.5 Å². The molecule has 4 nitrogen and oxygen atoms in total. The number of aromatic hydroxyl groups is 1. The average Bonchev–Trinajstić information content (AvgIpc) is 2.78. The van der Waals surface area contributed by atoms with E-state index in [2.05, 4.69) is 10.3 Å². The molecule has 0 atom stereocenters. The van der Waals surface area contributed by atoms with Crippen molar-refractivity contribution in [2.24, 2.45) is 5.92 Å². The Morgan fingerprint density at radius 2 is 2.19 bits per heavy atom. The Morgan fingerprint density at radius 3 is 2.88 bits per heavy atom. The second kappa shape index (κ2) is 4.96. The van der Waals surface area contributed by atoms with Gasteiger partial charge in [-0.2, -0.15) is 0 Å². The van der Waals surface area contributed by atoms with Crippen LogP contribution < -0.4 is 5.32 Å². The van der Waals surface area contributed by atoms with Crippen molar-refractivity contribution >= 4 is 5.91 Å². The van der Waals surface area contributed by atoms with Crippen LogP contribution in [0.4, 0.5) is 0 Å². The number of carbonyl (C=O) groups is 1. The Labute approximate surface area is 94.7 Å². The molecule has 86 valence electrons. The quantitative estimate of drug-likeness (QED) is 0.815. The van der Waals surface area contributed by atoms with E-state index in [0.717, 1.165) is 6.54 Å². The van der Waals surface area contributed by atoms with Gasteiger partial charge in [0.15, 0.2) is 0 Å². The van der Waals surface area contributed by atoms with Crippen LogP contribution in [0.25, 0.3) is 0 Å². The molecule has 0 unspecified atom stereocenters. The molecule has 1 aromatic heterocycles. The summed E-state index contributed by atoms with van der Waals surface area (Å²) >= 11 is 0. The molecule has 0 aliphatic heterocycles. The van der Waals surface area contributed by atoms with Crippen LogP contribution in [0.2, 0.25) is 0 Å². The van der Waals surface area contributed by atoms with Crippen molar-refractivity contribution < 1.29 is 9.90 Å². The molecule has 2 rings (SSSR count). The van der Waals surface area contributed by atoms with Crippen molar-refractivity contribution in [3.05, 3.63) is 24.0 Å². The molecular weight excluding hydrogens is 204 g/mol. The monoisotopic (exact) mass is 220 g/mol. The van der Waals surface area contributed by atoms with Gasteiger partial charge < -0.3 is 10.4 Å². The second-order valence-corrected chi connectivity index (χ2v) is 4.29. The number of carbonyl (C=O) groups excluding carboxylic acids is 1. The molecule has 0 bridgehead atoms. The van der Waals surface area contributed by atoms with Gasteiger partial charge in [-0.1, -0.05) is 12.8 Å². The van der Waals surface area contributed by atoms with Crippen molar-refractivity contribution in [1.29, 1.82) is 0 Å². The number of aromatic nitrogens is 1. The van der Waals surface area contributed by atoms with Gasteiger partial charge in [-0.15, -0.1) is 0 Å². The first kappa shape index (κ1) is 10.9. The Kier molecular flexibility index (Phi) is 3.39. The predicted molar refractivity (Wildman–Crippen MR) is 60.2 cm³/mol. The van der Waals surface area contributed by atoms with Crippen LogP contribution in [0, 0.1) is 5.92 Å². The van der Waals surface area contributed by atoms with Crippen molar-refractivity contribution in [2.75, 3.05) is 6.54 Å². The maximum absolute atomic E-state index is 11.7. The molecule has 2 N–H and O–H groups in total. The van der Waals surface area contributed by atoms with Crippen LogP contribution in [0.1, 0.15) is 36.0 Å². The first-order valence-corrected chi connectivity index (χ1v) is 5.68. The molecule has 1 aliphatic carbocycles. The molecule has 1 amide bonds. The molecule has 1 aromatic rings.